The number of hydrogen-bond acceptors (Lipinski definition) is 6. The lowest BCUT2D eigenvalue weighted by molar-refractivity contribution is -0.313. The van der Waals surface area contributed by atoms with Crippen LogP contribution >= 0.6 is 0 Å². The number of nitrogens with one attached hydrogen (secondary N) is 1. The molecule has 120 valence electrons. The maximum Gasteiger partial charge on any atom is 0.231 e. The van der Waals surface area contributed by atoms with Gasteiger partial charge < -0.3 is 29.4 Å². The van der Waals surface area contributed by atoms with Crippen LogP contribution in [0.15, 0.2) is 30.4 Å². The van der Waals surface area contributed by atoms with Gasteiger partial charge in [-0.25, -0.2) is 0 Å². The van der Waals surface area contributed by atoms with Gasteiger partial charge in [0.15, 0.2) is 11.5 Å². The minimum Gasteiger partial charge on any atom is -0.550 e. The zero-order valence-corrected chi connectivity index (χ0v) is 12.1. The SMILES string of the molecule is O=C([O-])C1C2C=CC(O2)C1C(=O)NCc1ccc2c(c1)OCO2. The molecule has 1 aromatic rings. The standard InChI is InChI=1S/C16H15NO6/c18-15(13-10-3-4-11(23-10)14(13)16(19)20)17-6-8-1-2-9-12(5-8)22-7-21-9/h1-5,10-11,13-14H,6-7H2,(H,17,18)(H,19,20)/p-1. The third-order valence-corrected chi connectivity index (χ3v) is 4.38. The van der Waals surface area contributed by atoms with Gasteiger partial charge in [0, 0.05) is 18.4 Å². The molecule has 1 fully saturated rings. The fourth-order valence-corrected chi connectivity index (χ4v) is 3.26. The Morgan fingerprint density at radius 1 is 1.13 bits per heavy atom. The van der Waals surface area contributed by atoms with E-state index >= 15 is 0 Å². The number of carboxylic acids is 1. The molecule has 1 amide bonds. The van der Waals surface area contributed by atoms with Crippen LogP contribution in [0.25, 0.3) is 0 Å². The molecular weight excluding hydrogens is 302 g/mol. The van der Waals surface area contributed by atoms with E-state index in [1.54, 1.807) is 24.3 Å². The molecule has 23 heavy (non-hydrogen) atoms. The minimum absolute atomic E-state index is 0.188. The zero-order valence-electron chi connectivity index (χ0n) is 12.1. The number of hydrogen-bond donors (Lipinski definition) is 1. The lowest BCUT2D eigenvalue weighted by Gasteiger charge is -2.25. The van der Waals surface area contributed by atoms with Crippen LogP contribution in [0.1, 0.15) is 5.56 Å². The highest BCUT2D eigenvalue weighted by Gasteiger charge is 2.50. The van der Waals surface area contributed by atoms with Crippen molar-refractivity contribution >= 4 is 11.9 Å². The smallest absolute Gasteiger partial charge is 0.231 e. The van der Waals surface area contributed by atoms with Crippen molar-refractivity contribution in [3.05, 3.63) is 35.9 Å². The van der Waals surface area contributed by atoms with E-state index in [9.17, 15) is 14.7 Å². The van der Waals surface area contributed by atoms with Crippen LogP contribution < -0.4 is 19.9 Å². The van der Waals surface area contributed by atoms with E-state index in [1.165, 1.54) is 0 Å². The van der Waals surface area contributed by atoms with Crippen molar-refractivity contribution in [2.75, 3.05) is 6.79 Å². The number of rotatable bonds is 4. The van der Waals surface area contributed by atoms with Gasteiger partial charge in [-0.2, -0.15) is 0 Å². The Balaban J connectivity index is 1.44. The summed E-state index contributed by atoms with van der Waals surface area (Å²) in [5, 5.41) is 14.0. The van der Waals surface area contributed by atoms with Crippen LogP contribution in [0.5, 0.6) is 11.5 Å². The van der Waals surface area contributed by atoms with Gasteiger partial charge in [-0.3, -0.25) is 4.79 Å². The quantitative estimate of drug-likeness (QED) is 0.742. The van der Waals surface area contributed by atoms with E-state index in [1.807, 2.05) is 6.07 Å². The molecule has 4 rings (SSSR count). The van der Waals surface area contributed by atoms with Crippen LogP contribution in [0.3, 0.4) is 0 Å². The molecule has 7 nitrogen and oxygen atoms in total. The molecule has 7 heteroatoms. The molecule has 3 aliphatic rings. The lowest BCUT2D eigenvalue weighted by atomic mass is 9.82. The number of ether oxygens (including phenoxy) is 3. The Bertz CT molecular complexity index is 700. The number of carbonyl (C=O) groups excluding carboxylic acids is 2. The Labute approximate surface area is 131 Å². The average Bonchev–Trinajstić information content (AvgIpc) is 3.25. The van der Waals surface area contributed by atoms with Gasteiger partial charge in [-0.15, -0.1) is 0 Å². The summed E-state index contributed by atoms with van der Waals surface area (Å²) in [6.45, 7) is 0.458. The predicted molar refractivity (Wildman–Crippen MR) is 74.2 cm³/mol. The molecule has 0 radical (unpaired) electrons. The Hall–Kier alpha value is -2.54. The van der Waals surface area contributed by atoms with Crippen molar-refractivity contribution in [2.24, 2.45) is 11.8 Å². The maximum absolute atomic E-state index is 12.4. The molecule has 4 unspecified atom stereocenters. The second kappa shape index (κ2) is 5.27. The van der Waals surface area contributed by atoms with E-state index in [4.69, 9.17) is 14.2 Å². The van der Waals surface area contributed by atoms with Crippen molar-refractivity contribution in [1.29, 1.82) is 0 Å². The molecular formula is C16H14NO6-. The van der Waals surface area contributed by atoms with Crippen molar-refractivity contribution < 1.29 is 28.9 Å². The number of aliphatic carboxylic acids is 1. The van der Waals surface area contributed by atoms with Gasteiger partial charge in [0.05, 0.1) is 18.1 Å². The molecule has 0 spiro atoms. The van der Waals surface area contributed by atoms with Crippen LogP contribution in [-0.2, 0) is 20.9 Å². The first-order chi connectivity index (χ1) is 11.1. The number of carbonyl (C=O) groups is 2. The molecule has 1 aromatic carbocycles. The van der Waals surface area contributed by atoms with Gasteiger partial charge in [0.25, 0.3) is 0 Å². The monoisotopic (exact) mass is 316 g/mol. The lowest BCUT2D eigenvalue weighted by Crippen LogP contribution is -2.46. The van der Waals surface area contributed by atoms with E-state index in [0.29, 0.717) is 11.5 Å². The van der Waals surface area contributed by atoms with Crippen molar-refractivity contribution in [3.8, 4) is 11.5 Å². The predicted octanol–water partition coefficient (Wildman–Crippen LogP) is -0.649. The van der Waals surface area contributed by atoms with E-state index < -0.39 is 30.0 Å². The topological polar surface area (TPSA) is 96.9 Å². The van der Waals surface area contributed by atoms with Crippen LogP contribution in [0.2, 0.25) is 0 Å². The average molecular weight is 316 g/mol. The van der Waals surface area contributed by atoms with E-state index in [-0.39, 0.29) is 19.2 Å². The van der Waals surface area contributed by atoms with E-state index in [2.05, 4.69) is 5.32 Å². The molecule has 1 saturated heterocycles. The van der Waals surface area contributed by atoms with Crippen LogP contribution in [0.4, 0.5) is 0 Å². The summed E-state index contributed by atoms with van der Waals surface area (Å²) in [7, 11) is 0. The molecule has 0 aromatic heterocycles. The zero-order chi connectivity index (χ0) is 16.0. The highest BCUT2D eigenvalue weighted by Crippen LogP contribution is 2.39. The second-order valence-corrected chi connectivity index (χ2v) is 5.73. The summed E-state index contributed by atoms with van der Waals surface area (Å²) in [5.74, 6) is -2.01. The highest BCUT2D eigenvalue weighted by molar-refractivity contribution is 5.86. The Kier molecular flexibility index (Phi) is 3.23. The van der Waals surface area contributed by atoms with Crippen molar-refractivity contribution in [2.45, 2.75) is 18.8 Å². The third-order valence-electron chi connectivity index (χ3n) is 4.38. The fourth-order valence-electron chi connectivity index (χ4n) is 3.26. The first kappa shape index (κ1) is 14.1. The summed E-state index contributed by atoms with van der Waals surface area (Å²) in [6, 6.07) is 5.38. The van der Waals surface area contributed by atoms with Gasteiger partial charge in [0.2, 0.25) is 12.7 Å². The normalized spacial score (nSPS) is 29.7. The third kappa shape index (κ3) is 2.33. The molecule has 3 aliphatic heterocycles. The van der Waals surface area contributed by atoms with Gasteiger partial charge in [0.1, 0.15) is 0 Å². The number of amides is 1. The Morgan fingerprint density at radius 3 is 2.65 bits per heavy atom. The second-order valence-electron chi connectivity index (χ2n) is 5.73. The number of fused-ring (bicyclic) bond motifs is 3. The minimum atomic E-state index is -1.26. The van der Waals surface area contributed by atoms with Crippen LogP contribution in [0, 0.1) is 11.8 Å². The highest BCUT2D eigenvalue weighted by atomic mass is 16.7. The number of benzene rings is 1. The van der Waals surface area contributed by atoms with Gasteiger partial charge >= 0.3 is 0 Å². The molecule has 0 aliphatic carbocycles. The summed E-state index contributed by atoms with van der Waals surface area (Å²) < 4.78 is 16.0. The van der Waals surface area contributed by atoms with Crippen molar-refractivity contribution in [3.63, 3.8) is 0 Å². The van der Waals surface area contributed by atoms with Crippen molar-refractivity contribution in [1.82, 2.24) is 5.32 Å². The largest absolute Gasteiger partial charge is 0.550 e. The molecule has 3 heterocycles. The Morgan fingerprint density at radius 2 is 1.87 bits per heavy atom. The van der Waals surface area contributed by atoms with Gasteiger partial charge in [-0.1, -0.05) is 18.2 Å². The van der Waals surface area contributed by atoms with Crippen LogP contribution in [-0.4, -0.2) is 30.9 Å². The summed E-state index contributed by atoms with van der Waals surface area (Å²) in [6.07, 6.45) is 2.33. The van der Waals surface area contributed by atoms with Gasteiger partial charge in [-0.05, 0) is 17.7 Å². The number of carboxylic acid groups (broad SMARTS) is 1. The maximum atomic E-state index is 12.4. The molecule has 4 atom stereocenters. The first-order valence-corrected chi connectivity index (χ1v) is 7.34. The molecule has 1 N–H and O–H groups in total. The molecule has 2 bridgehead atoms. The summed E-state index contributed by atoms with van der Waals surface area (Å²) >= 11 is 0. The molecule has 0 saturated carbocycles. The summed E-state index contributed by atoms with van der Waals surface area (Å²) in [4.78, 5) is 23.7. The summed E-state index contributed by atoms with van der Waals surface area (Å²) in [5.41, 5.74) is 0.840. The fraction of sp³-hybridized carbons (Fsp3) is 0.375. The van der Waals surface area contributed by atoms with E-state index in [0.717, 1.165) is 5.56 Å². The first-order valence-electron chi connectivity index (χ1n) is 7.34.